The number of halogens is 2. The standard InChI is InChI=1S/C36H36F2N4O6/c1-20-23(24-7-4-9-26(21(24)2)34-40-28-19-41(14-15-43)13-11-30(28)46-34)6-3-8-25(20)33-39-27-16-22(18-42-12-5-10-29(42)35(44)45)31(48-36(37)38)17-32(27)47-33/h3-4,6-9,16-17,29,36,43H,5,10-15,18-19H2,1-2H3,(H,44,45)/t29-/m0/s1. The van der Waals surface area contributed by atoms with Crippen LogP contribution in [0.2, 0.25) is 0 Å². The number of fused-ring (bicyclic) bond motifs is 2. The van der Waals surface area contributed by atoms with E-state index in [2.05, 4.69) is 4.90 Å². The summed E-state index contributed by atoms with van der Waals surface area (Å²) >= 11 is 0. The number of alkyl halides is 2. The average molecular weight is 659 g/mol. The Morgan fingerprint density at radius 1 is 1.00 bits per heavy atom. The summed E-state index contributed by atoms with van der Waals surface area (Å²) in [4.78, 5) is 25.2. The quantitative estimate of drug-likeness (QED) is 0.173. The SMILES string of the molecule is Cc1c(-c2nc3c(o2)CCN(CCO)C3)cccc1-c1cccc(-c2nc3cc(CN4CCC[C@H]4C(=O)O)c(OC(F)F)cc3o2)c1C. The molecule has 12 heteroatoms. The summed E-state index contributed by atoms with van der Waals surface area (Å²) in [6, 6.07) is 14.3. The van der Waals surface area contributed by atoms with E-state index in [0.717, 1.165) is 57.8 Å². The lowest BCUT2D eigenvalue weighted by Crippen LogP contribution is -2.35. The molecule has 0 amide bonds. The van der Waals surface area contributed by atoms with Gasteiger partial charge in [0.25, 0.3) is 0 Å². The molecule has 0 aliphatic carbocycles. The molecule has 2 aliphatic rings. The number of hydrogen-bond donors (Lipinski definition) is 2. The van der Waals surface area contributed by atoms with E-state index in [4.69, 9.17) is 23.5 Å². The minimum absolute atomic E-state index is 0.0662. The van der Waals surface area contributed by atoms with Crippen LogP contribution in [0.25, 0.3) is 45.1 Å². The topological polar surface area (TPSA) is 125 Å². The van der Waals surface area contributed by atoms with Crippen molar-refractivity contribution in [3.63, 3.8) is 0 Å². The predicted molar refractivity (Wildman–Crippen MR) is 174 cm³/mol. The van der Waals surface area contributed by atoms with E-state index < -0.39 is 18.6 Å². The minimum atomic E-state index is -3.06. The third-order valence-electron chi connectivity index (χ3n) is 9.45. The molecule has 3 aromatic carbocycles. The van der Waals surface area contributed by atoms with Crippen LogP contribution in [0.3, 0.4) is 0 Å². The van der Waals surface area contributed by atoms with Gasteiger partial charge in [-0.25, -0.2) is 9.97 Å². The molecule has 1 fully saturated rings. The van der Waals surface area contributed by atoms with E-state index in [0.29, 0.717) is 55.3 Å². The number of rotatable bonds is 10. The molecule has 48 heavy (non-hydrogen) atoms. The number of benzene rings is 3. The Labute approximate surface area is 275 Å². The molecule has 2 aromatic heterocycles. The van der Waals surface area contributed by atoms with E-state index in [9.17, 15) is 23.8 Å². The second-order valence-electron chi connectivity index (χ2n) is 12.4. The molecular formula is C36H36F2N4O6. The summed E-state index contributed by atoms with van der Waals surface area (Å²) in [7, 11) is 0. The molecule has 1 atom stereocenters. The fourth-order valence-corrected chi connectivity index (χ4v) is 6.98. The Morgan fingerprint density at radius 3 is 2.35 bits per heavy atom. The smallest absolute Gasteiger partial charge is 0.387 e. The van der Waals surface area contributed by atoms with Gasteiger partial charge in [0, 0.05) is 55.4 Å². The van der Waals surface area contributed by atoms with E-state index in [1.165, 1.54) is 6.07 Å². The minimum Gasteiger partial charge on any atom is -0.480 e. The highest BCUT2D eigenvalue weighted by atomic mass is 19.3. The van der Waals surface area contributed by atoms with Crippen molar-refractivity contribution in [2.45, 2.75) is 58.9 Å². The van der Waals surface area contributed by atoms with Gasteiger partial charge in [-0.1, -0.05) is 24.3 Å². The molecule has 2 N–H and O–H groups in total. The highest BCUT2D eigenvalue weighted by Gasteiger charge is 2.31. The normalized spacial score (nSPS) is 17.0. The Hall–Kier alpha value is -4.65. The lowest BCUT2D eigenvalue weighted by Gasteiger charge is -2.23. The van der Waals surface area contributed by atoms with Crippen molar-refractivity contribution < 1.29 is 37.4 Å². The van der Waals surface area contributed by atoms with Gasteiger partial charge in [0.1, 0.15) is 23.1 Å². The lowest BCUT2D eigenvalue weighted by molar-refractivity contribution is -0.142. The number of aliphatic hydroxyl groups excluding tert-OH is 1. The van der Waals surface area contributed by atoms with Crippen LogP contribution in [0.4, 0.5) is 8.78 Å². The molecule has 7 rings (SSSR count). The van der Waals surface area contributed by atoms with Crippen molar-refractivity contribution in [2.24, 2.45) is 0 Å². The number of aromatic nitrogens is 2. The molecule has 0 bridgehead atoms. The number of aliphatic carboxylic acids is 1. The Morgan fingerprint density at radius 2 is 1.69 bits per heavy atom. The Kier molecular flexibility index (Phi) is 8.71. The lowest BCUT2D eigenvalue weighted by atomic mass is 9.91. The predicted octanol–water partition coefficient (Wildman–Crippen LogP) is 6.43. The first kappa shape index (κ1) is 31.9. The first-order valence-corrected chi connectivity index (χ1v) is 16.1. The number of carboxylic acids is 1. The number of hydrogen-bond acceptors (Lipinski definition) is 9. The second-order valence-corrected chi connectivity index (χ2v) is 12.4. The first-order valence-electron chi connectivity index (χ1n) is 16.1. The van der Waals surface area contributed by atoms with Crippen LogP contribution in [0, 0.1) is 13.8 Å². The van der Waals surface area contributed by atoms with Crippen molar-refractivity contribution in [2.75, 3.05) is 26.2 Å². The zero-order valence-corrected chi connectivity index (χ0v) is 26.7. The van der Waals surface area contributed by atoms with Gasteiger partial charge in [-0.3, -0.25) is 14.6 Å². The molecule has 0 unspecified atom stereocenters. The second kappa shape index (κ2) is 13.1. The van der Waals surface area contributed by atoms with Crippen molar-refractivity contribution >= 4 is 17.1 Å². The number of carbonyl (C=O) groups is 1. The zero-order valence-electron chi connectivity index (χ0n) is 26.7. The van der Waals surface area contributed by atoms with Gasteiger partial charge < -0.3 is 23.8 Å². The summed E-state index contributed by atoms with van der Waals surface area (Å²) in [5.74, 6) is 0.777. The maximum atomic E-state index is 13.4. The van der Waals surface area contributed by atoms with Crippen LogP contribution in [0.15, 0.2) is 57.4 Å². The van der Waals surface area contributed by atoms with E-state index in [1.54, 1.807) is 11.0 Å². The molecule has 5 aromatic rings. The Bertz CT molecular complexity index is 1990. The zero-order chi connectivity index (χ0) is 33.5. The number of nitrogens with zero attached hydrogens (tertiary/aromatic N) is 4. The molecule has 0 saturated carbocycles. The third-order valence-corrected chi connectivity index (χ3v) is 9.45. The number of carboxylic acid groups (broad SMARTS) is 1. The van der Waals surface area contributed by atoms with Gasteiger partial charge in [0.05, 0.1) is 12.3 Å². The van der Waals surface area contributed by atoms with Gasteiger partial charge in [0.2, 0.25) is 11.8 Å². The summed E-state index contributed by atoms with van der Waals surface area (Å²) in [5, 5.41) is 19.0. The summed E-state index contributed by atoms with van der Waals surface area (Å²) in [6.45, 7) is 3.81. The number of ether oxygens (including phenoxy) is 1. The molecular weight excluding hydrogens is 622 g/mol. The van der Waals surface area contributed by atoms with E-state index >= 15 is 0 Å². The first-order chi connectivity index (χ1) is 23.2. The number of β-amino-alcohol motifs (C(OH)–C–C–N with tert-alkyl or cyclic N) is 1. The van der Waals surface area contributed by atoms with E-state index in [1.807, 2.05) is 50.2 Å². The van der Waals surface area contributed by atoms with Gasteiger partial charge in [-0.15, -0.1) is 0 Å². The van der Waals surface area contributed by atoms with Crippen LogP contribution in [-0.4, -0.2) is 74.8 Å². The molecule has 0 spiro atoms. The largest absolute Gasteiger partial charge is 0.480 e. The third kappa shape index (κ3) is 6.07. The van der Waals surface area contributed by atoms with Crippen LogP contribution in [0.5, 0.6) is 5.75 Å². The number of likely N-dealkylation sites (tertiary alicyclic amines) is 1. The molecule has 250 valence electrons. The van der Waals surface area contributed by atoms with Crippen LogP contribution in [0.1, 0.15) is 41.0 Å². The van der Waals surface area contributed by atoms with Crippen LogP contribution < -0.4 is 4.74 Å². The van der Waals surface area contributed by atoms with Gasteiger partial charge in [0.15, 0.2) is 5.58 Å². The van der Waals surface area contributed by atoms with E-state index in [-0.39, 0.29) is 24.5 Å². The van der Waals surface area contributed by atoms with Gasteiger partial charge in [-0.2, -0.15) is 8.78 Å². The highest BCUT2D eigenvalue weighted by Crippen LogP contribution is 2.39. The highest BCUT2D eigenvalue weighted by molar-refractivity contribution is 5.84. The van der Waals surface area contributed by atoms with Crippen molar-refractivity contribution in [1.82, 2.24) is 19.8 Å². The molecule has 4 heterocycles. The van der Waals surface area contributed by atoms with Gasteiger partial charge in [-0.05, 0) is 73.7 Å². The molecule has 2 aliphatic heterocycles. The summed E-state index contributed by atoms with van der Waals surface area (Å²) in [6.07, 6.45) is 1.95. The monoisotopic (exact) mass is 658 g/mol. The Balaban J connectivity index is 1.22. The van der Waals surface area contributed by atoms with Gasteiger partial charge >= 0.3 is 12.6 Å². The van der Waals surface area contributed by atoms with Crippen molar-refractivity contribution in [3.8, 4) is 39.8 Å². The van der Waals surface area contributed by atoms with Crippen LogP contribution in [-0.2, 0) is 24.3 Å². The molecule has 0 radical (unpaired) electrons. The summed E-state index contributed by atoms with van der Waals surface area (Å²) in [5.41, 5.74) is 7.58. The summed E-state index contributed by atoms with van der Waals surface area (Å²) < 4.78 is 44.1. The maximum absolute atomic E-state index is 13.4. The molecule has 10 nitrogen and oxygen atoms in total. The molecule has 1 saturated heterocycles. The fraction of sp³-hybridized carbons (Fsp3) is 0.361. The number of oxazole rings is 2. The van der Waals surface area contributed by atoms with Crippen molar-refractivity contribution in [3.05, 3.63) is 76.7 Å². The number of aliphatic hydroxyl groups is 1. The maximum Gasteiger partial charge on any atom is 0.387 e. The van der Waals surface area contributed by atoms with Crippen LogP contribution >= 0.6 is 0 Å². The fourth-order valence-electron chi connectivity index (χ4n) is 6.98. The van der Waals surface area contributed by atoms with Crippen molar-refractivity contribution in [1.29, 1.82) is 0 Å². The average Bonchev–Trinajstić information content (AvgIpc) is 3.80.